The Morgan fingerprint density at radius 2 is 1.85 bits per heavy atom. The van der Waals surface area contributed by atoms with E-state index in [1.807, 2.05) is 0 Å². The quantitative estimate of drug-likeness (QED) is 0.441. The van der Waals surface area contributed by atoms with Crippen LogP contribution in [-0.4, -0.2) is 49.2 Å². The molecule has 1 fully saturated rings. The molecule has 2 aromatic carbocycles. The van der Waals surface area contributed by atoms with Crippen molar-refractivity contribution in [3.8, 4) is 17.2 Å². The predicted octanol–water partition coefficient (Wildman–Crippen LogP) is 2.88. The fourth-order valence-electron chi connectivity index (χ4n) is 3.00. The molecule has 0 bridgehead atoms. The van der Waals surface area contributed by atoms with Gasteiger partial charge in [-0.25, -0.2) is 14.5 Å². The standard InChI is InChI=1S/C22H19ClN2O8/c1-3-32-17-10-12(9-16(23)19(17)33-11-18(26)27)8-15-20(28)24-22(30)25(21(15)29)13-4-6-14(31-2)7-5-13/h4-10H,3,11H2,1-2H3,(H,26,27)(H,24,28,30)/b15-8+. The molecule has 0 aromatic heterocycles. The summed E-state index contributed by atoms with van der Waals surface area (Å²) in [5.41, 5.74) is 0.221. The zero-order valence-corrected chi connectivity index (χ0v) is 18.3. The van der Waals surface area contributed by atoms with E-state index in [0.717, 1.165) is 4.90 Å². The number of benzene rings is 2. The number of carboxylic acid groups (broad SMARTS) is 1. The number of anilines is 1. The first kappa shape index (κ1) is 23.6. The van der Waals surface area contributed by atoms with E-state index >= 15 is 0 Å². The number of nitrogens with zero attached hydrogens (tertiary/aromatic N) is 1. The van der Waals surface area contributed by atoms with Crippen LogP contribution in [0.15, 0.2) is 42.0 Å². The van der Waals surface area contributed by atoms with Crippen LogP contribution in [0.1, 0.15) is 12.5 Å². The van der Waals surface area contributed by atoms with Crippen molar-refractivity contribution in [3.05, 3.63) is 52.6 Å². The van der Waals surface area contributed by atoms with Crippen molar-refractivity contribution in [2.45, 2.75) is 6.92 Å². The Balaban J connectivity index is 1.99. The van der Waals surface area contributed by atoms with Crippen molar-refractivity contribution < 1.29 is 38.5 Å². The summed E-state index contributed by atoms with van der Waals surface area (Å²) in [6.45, 7) is 1.29. The molecule has 1 aliphatic rings. The third-order valence-corrected chi connectivity index (χ3v) is 4.70. The van der Waals surface area contributed by atoms with E-state index < -0.39 is 30.4 Å². The highest BCUT2D eigenvalue weighted by molar-refractivity contribution is 6.39. The molecule has 2 N–H and O–H groups in total. The molecule has 3 rings (SSSR count). The zero-order chi connectivity index (χ0) is 24.1. The molecule has 0 unspecified atom stereocenters. The summed E-state index contributed by atoms with van der Waals surface area (Å²) >= 11 is 6.23. The number of carboxylic acids is 1. The van der Waals surface area contributed by atoms with Crippen LogP contribution in [0.3, 0.4) is 0 Å². The molecule has 0 aliphatic carbocycles. The van der Waals surface area contributed by atoms with Crippen molar-refractivity contribution in [2.24, 2.45) is 0 Å². The molecule has 2 aromatic rings. The van der Waals surface area contributed by atoms with E-state index in [4.69, 9.17) is 30.9 Å². The van der Waals surface area contributed by atoms with Gasteiger partial charge in [0.25, 0.3) is 11.8 Å². The normalized spacial score (nSPS) is 14.8. The topological polar surface area (TPSA) is 131 Å². The number of halogens is 1. The number of amides is 4. The van der Waals surface area contributed by atoms with Gasteiger partial charge in [-0.15, -0.1) is 0 Å². The van der Waals surface area contributed by atoms with Crippen LogP contribution in [0.5, 0.6) is 17.2 Å². The Bertz CT molecular complexity index is 1140. The summed E-state index contributed by atoms with van der Waals surface area (Å²) in [6.07, 6.45) is 1.25. The van der Waals surface area contributed by atoms with Gasteiger partial charge in [-0.05, 0) is 55.0 Å². The fourth-order valence-corrected chi connectivity index (χ4v) is 3.27. The summed E-state index contributed by atoms with van der Waals surface area (Å²) in [7, 11) is 1.48. The molecular formula is C22H19ClN2O8. The molecule has 33 heavy (non-hydrogen) atoms. The zero-order valence-electron chi connectivity index (χ0n) is 17.6. The molecule has 4 amide bonds. The number of rotatable bonds is 8. The van der Waals surface area contributed by atoms with Gasteiger partial charge < -0.3 is 19.3 Å². The minimum atomic E-state index is -1.20. The smallest absolute Gasteiger partial charge is 0.341 e. The average Bonchev–Trinajstić information content (AvgIpc) is 2.76. The van der Waals surface area contributed by atoms with Crippen LogP contribution in [0.2, 0.25) is 5.02 Å². The fraction of sp³-hybridized carbons (Fsp3) is 0.182. The second-order valence-electron chi connectivity index (χ2n) is 6.60. The minimum absolute atomic E-state index is 0.0116. The van der Waals surface area contributed by atoms with E-state index in [2.05, 4.69) is 5.32 Å². The summed E-state index contributed by atoms with van der Waals surface area (Å²) in [5.74, 6) is -2.25. The molecule has 1 aliphatic heterocycles. The average molecular weight is 475 g/mol. The number of nitrogens with one attached hydrogen (secondary N) is 1. The SMILES string of the molecule is CCOc1cc(/C=C2\C(=O)NC(=O)N(c3ccc(OC)cc3)C2=O)cc(Cl)c1OCC(=O)O. The molecule has 0 atom stereocenters. The van der Waals surface area contributed by atoms with Gasteiger partial charge in [0.1, 0.15) is 11.3 Å². The number of methoxy groups -OCH3 is 1. The van der Waals surface area contributed by atoms with Crippen LogP contribution in [0.4, 0.5) is 10.5 Å². The lowest BCUT2D eigenvalue weighted by molar-refractivity contribution is -0.139. The van der Waals surface area contributed by atoms with Gasteiger partial charge in [0.15, 0.2) is 18.1 Å². The Hall–Kier alpha value is -4.05. The largest absolute Gasteiger partial charge is 0.497 e. The maximum atomic E-state index is 13.0. The van der Waals surface area contributed by atoms with Crippen LogP contribution < -0.4 is 24.4 Å². The number of ether oxygens (including phenoxy) is 3. The highest BCUT2D eigenvalue weighted by Crippen LogP contribution is 2.37. The highest BCUT2D eigenvalue weighted by Gasteiger charge is 2.37. The molecule has 1 heterocycles. The number of hydrogen-bond donors (Lipinski definition) is 2. The Morgan fingerprint density at radius 1 is 1.15 bits per heavy atom. The number of imide groups is 2. The predicted molar refractivity (Wildman–Crippen MR) is 118 cm³/mol. The first-order valence-corrected chi connectivity index (χ1v) is 9.99. The number of carbonyl (C=O) groups excluding carboxylic acids is 3. The molecule has 0 radical (unpaired) electrons. The number of barbiturate groups is 1. The second-order valence-corrected chi connectivity index (χ2v) is 7.01. The summed E-state index contributed by atoms with van der Waals surface area (Å²) in [4.78, 5) is 49.4. The summed E-state index contributed by atoms with van der Waals surface area (Å²) in [5, 5.41) is 11.0. The lowest BCUT2D eigenvalue weighted by Crippen LogP contribution is -2.54. The van der Waals surface area contributed by atoms with E-state index in [-0.39, 0.29) is 34.4 Å². The van der Waals surface area contributed by atoms with Gasteiger partial charge in [0, 0.05) is 0 Å². The van der Waals surface area contributed by atoms with Gasteiger partial charge in [0.2, 0.25) is 0 Å². The first-order valence-electron chi connectivity index (χ1n) is 9.61. The molecular weight excluding hydrogens is 456 g/mol. The second kappa shape index (κ2) is 10.0. The molecule has 0 spiro atoms. The monoisotopic (exact) mass is 474 g/mol. The Labute approximate surface area is 193 Å². The number of urea groups is 1. The first-order chi connectivity index (χ1) is 15.7. The van der Waals surface area contributed by atoms with Gasteiger partial charge in [-0.2, -0.15) is 0 Å². The maximum absolute atomic E-state index is 13.0. The minimum Gasteiger partial charge on any atom is -0.497 e. The lowest BCUT2D eigenvalue weighted by Gasteiger charge is -2.26. The summed E-state index contributed by atoms with van der Waals surface area (Å²) < 4.78 is 15.7. The van der Waals surface area contributed by atoms with Crippen molar-refractivity contribution in [1.82, 2.24) is 5.32 Å². The number of hydrogen-bond acceptors (Lipinski definition) is 7. The van der Waals surface area contributed by atoms with Gasteiger partial charge >= 0.3 is 12.0 Å². The van der Waals surface area contributed by atoms with Crippen molar-refractivity contribution in [1.29, 1.82) is 0 Å². The maximum Gasteiger partial charge on any atom is 0.341 e. The van der Waals surface area contributed by atoms with Crippen LogP contribution in [0, 0.1) is 0 Å². The lowest BCUT2D eigenvalue weighted by atomic mass is 10.1. The number of carbonyl (C=O) groups is 4. The van der Waals surface area contributed by atoms with Crippen LogP contribution >= 0.6 is 11.6 Å². The molecule has 10 nitrogen and oxygen atoms in total. The summed E-state index contributed by atoms with van der Waals surface area (Å²) in [6, 6.07) is 8.07. The Morgan fingerprint density at radius 3 is 2.45 bits per heavy atom. The van der Waals surface area contributed by atoms with E-state index in [1.165, 1.54) is 37.5 Å². The van der Waals surface area contributed by atoms with Crippen molar-refractivity contribution in [2.75, 3.05) is 25.2 Å². The van der Waals surface area contributed by atoms with Crippen molar-refractivity contribution >= 4 is 47.2 Å². The molecule has 0 saturated carbocycles. The van der Waals surface area contributed by atoms with Crippen molar-refractivity contribution in [3.63, 3.8) is 0 Å². The van der Waals surface area contributed by atoms with E-state index in [0.29, 0.717) is 11.3 Å². The molecule has 1 saturated heterocycles. The van der Waals surface area contributed by atoms with Crippen LogP contribution in [0.25, 0.3) is 6.08 Å². The Kier molecular flexibility index (Phi) is 7.19. The third kappa shape index (κ3) is 5.24. The van der Waals surface area contributed by atoms with Gasteiger partial charge in [-0.1, -0.05) is 11.6 Å². The van der Waals surface area contributed by atoms with Gasteiger partial charge in [-0.3, -0.25) is 14.9 Å². The van der Waals surface area contributed by atoms with E-state index in [1.54, 1.807) is 19.1 Å². The molecule has 11 heteroatoms. The highest BCUT2D eigenvalue weighted by atomic mass is 35.5. The number of aliphatic carboxylic acids is 1. The van der Waals surface area contributed by atoms with Crippen LogP contribution in [-0.2, 0) is 14.4 Å². The third-order valence-electron chi connectivity index (χ3n) is 4.41. The van der Waals surface area contributed by atoms with Gasteiger partial charge in [0.05, 0.1) is 24.4 Å². The van der Waals surface area contributed by atoms with E-state index in [9.17, 15) is 19.2 Å². The molecule has 172 valence electrons.